The lowest BCUT2D eigenvalue weighted by molar-refractivity contribution is -0.136. The first kappa shape index (κ1) is 13.1. The number of nitrogens with zero attached hydrogens (tertiary/aromatic N) is 1. The minimum atomic E-state index is -4.62. The van der Waals surface area contributed by atoms with E-state index in [2.05, 4.69) is 0 Å². The van der Waals surface area contributed by atoms with Gasteiger partial charge in [-0.25, -0.2) is 4.79 Å². The molecule has 0 radical (unpaired) electrons. The van der Waals surface area contributed by atoms with Gasteiger partial charge in [0.1, 0.15) is 0 Å². The molecule has 0 spiro atoms. The third-order valence-corrected chi connectivity index (χ3v) is 2.74. The Bertz CT molecular complexity index is 731. The zero-order valence-electron chi connectivity index (χ0n) is 9.65. The smallest absolute Gasteiger partial charge is 0.418 e. The predicted molar refractivity (Wildman–Crippen MR) is 61.2 cm³/mol. The van der Waals surface area contributed by atoms with Crippen LogP contribution in [-0.2, 0) is 13.2 Å². The first-order valence-electron chi connectivity index (χ1n) is 5.15. The van der Waals surface area contributed by atoms with Crippen LogP contribution in [0.1, 0.15) is 15.9 Å². The maximum absolute atomic E-state index is 12.9. The van der Waals surface area contributed by atoms with Gasteiger partial charge in [0.2, 0.25) is 0 Å². The van der Waals surface area contributed by atoms with Crippen LogP contribution in [0.4, 0.5) is 13.2 Å². The SMILES string of the molecule is Cn1cc(C(F)(F)F)c2ccc(C(=O)O)cc2c1=O. The second kappa shape index (κ2) is 4.11. The number of carboxylic acid groups (broad SMARTS) is 1. The number of carbonyl (C=O) groups is 1. The molecule has 0 aliphatic carbocycles. The van der Waals surface area contributed by atoms with E-state index in [0.717, 1.165) is 22.8 Å². The fourth-order valence-electron chi connectivity index (χ4n) is 1.83. The molecule has 1 N–H and O–H groups in total. The van der Waals surface area contributed by atoms with Gasteiger partial charge in [0.25, 0.3) is 5.56 Å². The summed E-state index contributed by atoms with van der Waals surface area (Å²) in [5.41, 5.74) is -1.88. The number of rotatable bonds is 1. The molecule has 0 fully saturated rings. The average Bonchev–Trinajstić information content (AvgIpc) is 2.31. The predicted octanol–water partition coefficient (Wildman–Crippen LogP) is 2.26. The van der Waals surface area contributed by atoms with Gasteiger partial charge in [-0.05, 0) is 12.1 Å². The van der Waals surface area contributed by atoms with E-state index in [1.54, 1.807) is 0 Å². The number of aromatic carboxylic acids is 1. The summed E-state index contributed by atoms with van der Waals surface area (Å²) in [5, 5.41) is 8.23. The topological polar surface area (TPSA) is 59.3 Å². The number of pyridine rings is 1. The molecule has 7 heteroatoms. The van der Waals surface area contributed by atoms with Gasteiger partial charge in [0.15, 0.2) is 0 Å². The Balaban J connectivity index is 2.93. The van der Waals surface area contributed by atoms with Crippen molar-refractivity contribution in [2.45, 2.75) is 6.18 Å². The van der Waals surface area contributed by atoms with Crippen molar-refractivity contribution in [1.29, 1.82) is 0 Å². The van der Waals surface area contributed by atoms with Crippen molar-refractivity contribution >= 4 is 16.7 Å². The number of hydrogen-bond acceptors (Lipinski definition) is 2. The first-order chi connectivity index (χ1) is 8.71. The lowest BCUT2D eigenvalue weighted by Crippen LogP contribution is -2.21. The molecule has 0 saturated heterocycles. The summed E-state index contributed by atoms with van der Waals surface area (Å²) in [5.74, 6) is -1.30. The van der Waals surface area contributed by atoms with Crippen LogP contribution in [0.2, 0.25) is 0 Å². The van der Waals surface area contributed by atoms with E-state index >= 15 is 0 Å². The van der Waals surface area contributed by atoms with Gasteiger partial charge in [0.05, 0.1) is 11.1 Å². The van der Waals surface area contributed by atoms with E-state index in [4.69, 9.17) is 5.11 Å². The van der Waals surface area contributed by atoms with Crippen molar-refractivity contribution in [1.82, 2.24) is 4.57 Å². The van der Waals surface area contributed by atoms with Gasteiger partial charge in [-0.15, -0.1) is 0 Å². The van der Waals surface area contributed by atoms with Crippen LogP contribution >= 0.6 is 0 Å². The molecule has 1 heterocycles. The highest BCUT2D eigenvalue weighted by molar-refractivity contribution is 5.95. The van der Waals surface area contributed by atoms with Crippen LogP contribution < -0.4 is 5.56 Å². The normalized spacial score (nSPS) is 11.8. The molecular weight excluding hydrogens is 263 g/mol. The number of carboxylic acids is 1. The highest BCUT2D eigenvalue weighted by Crippen LogP contribution is 2.33. The molecule has 0 bridgehead atoms. The zero-order valence-corrected chi connectivity index (χ0v) is 9.65. The van der Waals surface area contributed by atoms with Crippen LogP contribution in [0.3, 0.4) is 0 Å². The highest BCUT2D eigenvalue weighted by atomic mass is 19.4. The summed E-state index contributed by atoms with van der Waals surface area (Å²) in [6, 6.07) is 3.00. The Kier molecular flexibility index (Phi) is 2.84. The van der Waals surface area contributed by atoms with Crippen LogP contribution in [0.5, 0.6) is 0 Å². The second-order valence-electron chi connectivity index (χ2n) is 4.02. The van der Waals surface area contributed by atoms with Crippen LogP contribution in [0, 0.1) is 0 Å². The fraction of sp³-hybridized carbons (Fsp3) is 0.167. The Morgan fingerprint density at radius 3 is 2.42 bits per heavy atom. The highest BCUT2D eigenvalue weighted by Gasteiger charge is 2.33. The van der Waals surface area contributed by atoms with E-state index in [9.17, 15) is 22.8 Å². The Hall–Kier alpha value is -2.31. The number of aromatic nitrogens is 1. The molecule has 19 heavy (non-hydrogen) atoms. The largest absolute Gasteiger partial charge is 0.478 e. The fourth-order valence-corrected chi connectivity index (χ4v) is 1.83. The van der Waals surface area contributed by atoms with Crippen molar-refractivity contribution in [2.75, 3.05) is 0 Å². The van der Waals surface area contributed by atoms with E-state index in [1.807, 2.05) is 0 Å². The lowest BCUT2D eigenvalue weighted by Gasteiger charge is -2.12. The summed E-state index contributed by atoms with van der Waals surface area (Å²) in [6.07, 6.45) is -3.92. The third kappa shape index (κ3) is 2.18. The zero-order chi connectivity index (χ0) is 14.4. The van der Waals surface area contributed by atoms with E-state index < -0.39 is 23.3 Å². The summed E-state index contributed by atoms with van der Waals surface area (Å²) >= 11 is 0. The number of halogens is 3. The summed E-state index contributed by atoms with van der Waals surface area (Å²) in [4.78, 5) is 22.6. The maximum Gasteiger partial charge on any atom is 0.418 e. The third-order valence-electron chi connectivity index (χ3n) is 2.74. The Morgan fingerprint density at radius 1 is 1.26 bits per heavy atom. The monoisotopic (exact) mass is 271 g/mol. The van der Waals surface area contributed by atoms with Gasteiger partial charge in [-0.1, -0.05) is 6.07 Å². The first-order valence-corrected chi connectivity index (χ1v) is 5.15. The standard InChI is InChI=1S/C12H8F3NO3/c1-16-5-9(12(13,14)15)7-3-2-6(11(18)19)4-8(7)10(16)17/h2-5H,1H3,(H,18,19). The van der Waals surface area contributed by atoms with Crippen molar-refractivity contribution in [3.8, 4) is 0 Å². The van der Waals surface area contributed by atoms with Gasteiger partial charge in [-0.3, -0.25) is 4.79 Å². The van der Waals surface area contributed by atoms with Gasteiger partial charge < -0.3 is 9.67 Å². The molecule has 2 rings (SSSR count). The Morgan fingerprint density at radius 2 is 1.89 bits per heavy atom. The van der Waals surface area contributed by atoms with Gasteiger partial charge >= 0.3 is 12.1 Å². The number of fused-ring (bicyclic) bond motifs is 1. The van der Waals surface area contributed by atoms with Crippen molar-refractivity contribution in [3.63, 3.8) is 0 Å². The molecule has 100 valence electrons. The molecule has 0 aliphatic rings. The molecule has 4 nitrogen and oxygen atoms in total. The van der Waals surface area contributed by atoms with E-state index in [1.165, 1.54) is 7.05 Å². The summed E-state index contributed by atoms with van der Waals surface area (Å²) < 4.78 is 39.4. The van der Waals surface area contributed by atoms with E-state index in [0.29, 0.717) is 6.20 Å². The van der Waals surface area contributed by atoms with Gasteiger partial charge in [-0.2, -0.15) is 13.2 Å². The molecule has 2 aromatic rings. The number of benzene rings is 1. The summed E-state index contributed by atoms with van der Waals surface area (Å²) in [6.45, 7) is 0. The Labute approximate surface area is 104 Å². The minimum Gasteiger partial charge on any atom is -0.478 e. The molecular formula is C12H8F3NO3. The van der Waals surface area contributed by atoms with Crippen molar-refractivity contribution < 1.29 is 23.1 Å². The van der Waals surface area contributed by atoms with Gasteiger partial charge in [0, 0.05) is 24.0 Å². The van der Waals surface area contributed by atoms with Crippen LogP contribution in [0.15, 0.2) is 29.2 Å². The molecule has 0 aliphatic heterocycles. The molecule has 1 aromatic heterocycles. The molecule has 1 aromatic carbocycles. The molecule has 0 amide bonds. The van der Waals surface area contributed by atoms with Crippen LogP contribution in [0.25, 0.3) is 10.8 Å². The minimum absolute atomic E-state index is 0.232. The number of alkyl halides is 3. The van der Waals surface area contributed by atoms with Crippen molar-refractivity contribution in [2.24, 2.45) is 7.05 Å². The number of aryl methyl sites for hydroxylation is 1. The second-order valence-corrected chi connectivity index (χ2v) is 4.02. The van der Waals surface area contributed by atoms with Crippen molar-refractivity contribution in [3.05, 3.63) is 45.9 Å². The summed E-state index contributed by atoms with van der Waals surface area (Å²) in [7, 11) is 1.18. The average molecular weight is 271 g/mol. The number of hydrogen-bond donors (Lipinski definition) is 1. The maximum atomic E-state index is 12.9. The van der Waals surface area contributed by atoms with E-state index in [-0.39, 0.29) is 16.3 Å². The van der Waals surface area contributed by atoms with Crippen LogP contribution in [-0.4, -0.2) is 15.6 Å². The molecule has 0 atom stereocenters. The molecule has 0 saturated carbocycles. The lowest BCUT2D eigenvalue weighted by atomic mass is 10.0. The quantitative estimate of drug-likeness (QED) is 0.865. The molecule has 0 unspecified atom stereocenters.